The number of benzene rings is 1. The van der Waals surface area contributed by atoms with Gasteiger partial charge in [-0.05, 0) is 36.9 Å². The smallest absolute Gasteiger partial charge is 0.148 e. The van der Waals surface area contributed by atoms with Crippen molar-refractivity contribution in [1.29, 1.82) is 0 Å². The first-order chi connectivity index (χ1) is 13.2. The predicted octanol–water partition coefficient (Wildman–Crippen LogP) is 2.64. The maximum atomic E-state index is 8.88. The van der Waals surface area contributed by atoms with Crippen molar-refractivity contribution in [3.63, 3.8) is 0 Å². The minimum absolute atomic E-state index is 0.0493. The zero-order chi connectivity index (χ0) is 19.1. The molecule has 0 aliphatic rings. The van der Waals surface area contributed by atoms with Crippen molar-refractivity contribution in [1.82, 2.24) is 20.1 Å². The molecule has 0 aliphatic heterocycles. The SMILES string of the molecule is COc1ccc(CN(C)Cc2cscn2)cc1-c1ccc(NCCO)nn1. The zero-order valence-corrected chi connectivity index (χ0v) is 16.2. The first-order valence-electron chi connectivity index (χ1n) is 8.61. The second-order valence-electron chi connectivity index (χ2n) is 6.14. The molecule has 0 spiro atoms. The number of nitrogens with one attached hydrogen (secondary N) is 1. The zero-order valence-electron chi connectivity index (χ0n) is 15.4. The highest BCUT2D eigenvalue weighted by Crippen LogP contribution is 2.30. The molecule has 2 heterocycles. The van der Waals surface area contributed by atoms with Gasteiger partial charge in [0.25, 0.3) is 0 Å². The van der Waals surface area contributed by atoms with Crippen LogP contribution in [0.15, 0.2) is 41.2 Å². The highest BCUT2D eigenvalue weighted by Gasteiger charge is 2.11. The molecule has 0 aliphatic carbocycles. The normalized spacial score (nSPS) is 11.0. The Morgan fingerprint density at radius 1 is 1.19 bits per heavy atom. The summed E-state index contributed by atoms with van der Waals surface area (Å²) in [5.41, 5.74) is 5.73. The molecule has 27 heavy (non-hydrogen) atoms. The minimum atomic E-state index is 0.0493. The van der Waals surface area contributed by atoms with Crippen LogP contribution in [0.1, 0.15) is 11.3 Å². The summed E-state index contributed by atoms with van der Waals surface area (Å²) in [7, 11) is 3.72. The second kappa shape index (κ2) is 9.40. The fourth-order valence-electron chi connectivity index (χ4n) is 2.77. The maximum absolute atomic E-state index is 8.88. The molecule has 142 valence electrons. The van der Waals surface area contributed by atoms with E-state index in [0.29, 0.717) is 12.4 Å². The summed E-state index contributed by atoms with van der Waals surface area (Å²) < 4.78 is 5.50. The van der Waals surface area contributed by atoms with E-state index in [0.717, 1.165) is 41.4 Å². The highest BCUT2D eigenvalue weighted by atomic mass is 32.1. The number of thiazole rings is 1. The van der Waals surface area contributed by atoms with E-state index in [2.05, 4.69) is 50.0 Å². The molecular weight excluding hydrogens is 362 g/mol. The maximum Gasteiger partial charge on any atom is 0.148 e. The van der Waals surface area contributed by atoms with Gasteiger partial charge < -0.3 is 15.2 Å². The fraction of sp³-hybridized carbons (Fsp3) is 0.316. The summed E-state index contributed by atoms with van der Waals surface area (Å²) in [6, 6.07) is 9.85. The standard InChI is InChI=1S/C19H23N5O2S/c1-24(11-15-12-27-13-21-15)10-14-3-5-18(26-2)16(9-14)17-4-6-19(23-22-17)20-7-8-25/h3-6,9,12-13,25H,7-8,10-11H2,1-2H3,(H,20,23). The molecule has 2 N–H and O–H groups in total. The lowest BCUT2D eigenvalue weighted by Gasteiger charge is -2.17. The van der Waals surface area contributed by atoms with E-state index in [1.54, 1.807) is 18.4 Å². The van der Waals surface area contributed by atoms with Gasteiger partial charge in [-0.25, -0.2) is 4.98 Å². The van der Waals surface area contributed by atoms with Gasteiger partial charge in [-0.3, -0.25) is 4.90 Å². The van der Waals surface area contributed by atoms with E-state index < -0.39 is 0 Å². The monoisotopic (exact) mass is 385 g/mol. The lowest BCUT2D eigenvalue weighted by Crippen LogP contribution is -2.17. The molecule has 0 radical (unpaired) electrons. The molecule has 0 amide bonds. The molecule has 0 unspecified atom stereocenters. The molecule has 0 atom stereocenters. The van der Waals surface area contributed by atoms with Gasteiger partial charge in [0.15, 0.2) is 0 Å². The van der Waals surface area contributed by atoms with E-state index in [1.165, 1.54) is 0 Å². The number of aromatic nitrogens is 3. The van der Waals surface area contributed by atoms with Crippen LogP contribution < -0.4 is 10.1 Å². The molecule has 0 fully saturated rings. The molecule has 2 aromatic heterocycles. The first-order valence-corrected chi connectivity index (χ1v) is 9.55. The Morgan fingerprint density at radius 3 is 2.74 bits per heavy atom. The van der Waals surface area contributed by atoms with Crippen LogP contribution in [-0.2, 0) is 13.1 Å². The average Bonchev–Trinajstić information content (AvgIpc) is 3.19. The Balaban J connectivity index is 1.76. The van der Waals surface area contributed by atoms with Crippen LogP contribution in [0.4, 0.5) is 5.82 Å². The van der Waals surface area contributed by atoms with Gasteiger partial charge in [0.1, 0.15) is 11.6 Å². The van der Waals surface area contributed by atoms with Crippen molar-refractivity contribution in [2.75, 3.05) is 32.6 Å². The average molecular weight is 385 g/mol. The van der Waals surface area contributed by atoms with Crippen LogP contribution in [0.5, 0.6) is 5.75 Å². The van der Waals surface area contributed by atoms with E-state index in [4.69, 9.17) is 9.84 Å². The number of aliphatic hydroxyl groups excluding tert-OH is 1. The van der Waals surface area contributed by atoms with Gasteiger partial charge in [-0.1, -0.05) is 6.07 Å². The van der Waals surface area contributed by atoms with E-state index in [9.17, 15) is 0 Å². The van der Waals surface area contributed by atoms with Crippen LogP contribution in [0.25, 0.3) is 11.3 Å². The summed E-state index contributed by atoms with van der Waals surface area (Å²) in [4.78, 5) is 6.55. The topological polar surface area (TPSA) is 83.4 Å². The van der Waals surface area contributed by atoms with Crippen LogP contribution in [0.2, 0.25) is 0 Å². The molecule has 0 bridgehead atoms. The molecule has 3 rings (SSSR count). The van der Waals surface area contributed by atoms with Gasteiger partial charge >= 0.3 is 0 Å². The summed E-state index contributed by atoms with van der Waals surface area (Å²) in [5, 5.41) is 22.4. The quantitative estimate of drug-likeness (QED) is 0.586. The van der Waals surface area contributed by atoms with Gasteiger partial charge in [-0.2, -0.15) is 0 Å². The van der Waals surface area contributed by atoms with Gasteiger partial charge in [0.05, 0.1) is 30.6 Å². The van der Waals surface area contributed by atoms with E-state index >= 15 is 0 Å². The summed E-state index contributed by atoms with van der Waals surface area (Å²) in [6.07, 6.45) is 0. The van der Waals surface area contributed by atoms with Crippen LogP contribution in [0, 0.1) is 0 Å². The third-order valence-electron chi connectivity index (χ3n) is 3.99. The van der Waals surface area contributed by atoms with Crippen molar-refractivity contribution in [3.05, 3.63) is 52.5 Å². The highest BCUT2D eigenvalue weighted by molar-refractivity contribution is 7.07. The Hall–Kier alpha value is -2.55. The molecule has 0 saturated heterocycles. The number of hydrogen-bond donors (Lipinski definition) is 2. The van der Waals surface area contributed by atoms with Crippen molar-refractivity contribution in [2.24, 2.45) is 0 Å². The Labute approximate surface area is 162 Å². The van der Waals surface area contributed by atoms with Crippen LogP contribution in [-0.4, -0.2) is 52.5 Å². The molecule has 0 saturated carbocycles. The number of methoxy groups -OCH3 is 1. The summed E-state index contributed by atoms with van der Waals surface area (Å²) in [5.74, 6) is 1.39. The molecule has 7 nitrogen and oxygen atoms in total. The third-order valence-corrected chi connectivity index (χ3v) is 4.63. The predicted molar refractivity (Wildman–Crippen MR) is 107 cm³/mol. The number of nitrogens with zero attached hydrogens (tertiary/aromatic N) is 4. The van der Waals surface area contributed by atoms with Gasteiger partial charge in [0, 0.05) is 30.6 Å². The van der Waals surface area contributed by atoms with Gasteiger partial charge in [-0.15, -0.1) is 21.5 Å². The number of rotatable bonds is 9. The number of aliphatic hydroxyl groups is 1. The largest absolute Gasteiger partial charge is 0.496 e. The lowest BCUT2D eigenvalue weighted by atomic mass is 10.1. The first kappa shape index (κ1) is 19.2. The Bertz CT molecular complexity index is 840. The minimum Gasteiger partial charge on any atom is -0.496 e. The molecular formula is C19H23N5O2S. The van der Waals surface area contributed by atoms with E-state index in [-0.39, 0.29) is 6.61 Å². The Morgan fingerprint density at radius 2 is 2.07 bits per heavy atom. The van der Waals surface area contributed by atoms with Gasteiger partial charge in [0.2, 0.25) is 0 Å². The number of hydrogen-bond acceptors (Lipinski definition) is 8. The molecule has 1 aromatic carbocycles. The number of ether oxygens (including phenoxy) is 1. The van der Waals surface area contributed by atoms with E-state index in [1.807, 2.05) is 23.7 Å². The van der Waals surface area contributed by atoms with Crippen LogP contribution in [0.3, 0.4) is 0 Å². The summed E-state index contributed by atoms with van der Waals surface area (Å²) in [6.45, 7) is 2.08. The molecule has 8 heteroatoms. The summed E-state index contributed by atoms with van der Waals surface area (Å²) >= 11 is 1.61. The van der Waals surface area contributed by atoms with Crippen molar-refractivity contribution >= 4 is 17.2 Å². The fourth-order valence-corrected chi connectivity index (χ4v) is 3.32. The molecule has 3 aromatic rings. The third kappa shape index (κ3) is 5.22. The second-order valence-corrected chi connectivity index (χ2v) is 6.86. The van der Waals surface area contributed by atoms with Crippen LogP contribution >= 0.6 is 11.3 Å². The lowest BCUT2D eigenvalue weighted by molar-refractivity contribution is 0.311. The van der Waals surface area contributed by atoms with Crippen molar-refractivity contribution < 1.29 is 9.84 Å². The van der Waals surface area contributed by atoms with Crippen molar-refractivity contribution in [3.8, 4) is 17.0 Å². The Kier molecular flexibility index (Phi) is 6.69. The number of anilines is 1. The van der Waals surface area contributed by atoms with Crippen molar-refractivity contribution in [2.45, 2.75) is 13.1 Å².